The molecule has 0 bridgehead atoms. The highest BCUT2D eigenvalue weighted by Crippen LogP contribution is 2.54. The molecule has 1 aliphatic heterocycles. The van der Waals surface area contributed by atoms with Crippen molar-refractivity contribution in [2.24, 2.45) is 0 Å². The van der Waals surface area contributed by atoms with Gasteiger partial charge in [-0.05, 0) is 52.1 Å². The fraction of sp³-hybridized carbons (Fsp3) is 0.114. The number of anilines is 2. The maximum Gasteiger partial charge on any atom is 0.160 e. The molecule has 5 aromatic carbocycles. The molecule has 49 heavy (non-hydrogen) atoms. The van der Waals surface area contributed by atoms with Crippen molar-refractivity contribution < 1.29 is 0 Å². The van der Waals surface area contributed by atoms with Crippen molar-refractivity contribution >= 4 is 11.5 Å². The third-order valence-electron chi connectivity index (χ3n) is 10.0. The number of hydrazine groups is 1. The molecule has 0 unspecified atom stereocenters. The van der Waals surface area contributed by atoms with Gasteiger partial charge in [-0.3, -0.25) is 5.01 Å². The summed E-state index contributed by atoms with van der Waals surface area (Å²) in [6, 6.07) is 48.8. The van der Waals surface area contributed by atoms with Gasteiger partial charge in [-0.1, -0.05) is 129 Å². The average Bonchev–Trinajstić information content (AvgIpc) is 3.61. The Kier molecular flexibility index (Phi) is 6.78. The first-order valence-corrected chi connectivity index (χ1v) is 16.8. The van der Waals surface area contributed by atoms with Crippen molar-refractivity contribution in [1.29, 1.82) is 0 Å². The Morgan fingerprint density at radius 1 is 0.571 bits per heavy atom. The van der Waals surface area contributed by atoms with Crippen LogP contribution in [0.3, 0.4) is 0 Å². The first-order chi connectivity index (χ1) is 24.0. The van der Waals surface area contributed by atoms with E-state index in [1.54, 1.807) is 0 Å². The lowest BCUT2D eigenvalue weighted by molar-refractivity contribution is 0.359. The highest BCUT2D eigenvalue weighted by atomic mass is 15.6. The smallest absolute Gasteiger partial charge is 0.160 e. The molecule has 2 aromatic heterocycles. The van der Waals surface area contributed by atoms with Gasteiger partial charge < -0.3 is 0 Å². The molecule has 0 fully saturated rings. The number of nitrogens with zero attached hydrogens (tertiary/aromatic N) is 5. The summed E-state index contributed by atoms with van der Waals surface area (Å²) in [5, 5.41) is 4.51. The first-order valence-electron chi connectivity index (χ1n) is 16.8. The van der Waals surface area contributed by atoms with Gasteiger partial charge in [-0.2, -0.15) is 0 Å². The van der Waals surface area contributed by atoms with Crippen LogP contribution in [0.2, 0.25) is 0 Å². The predicted octanol–water partition coefficient (Wildman–Crippen LogP) is 10.3. The molecule has 1 aliphatic carbocycles. The fourth-order valence-corrected chi connectivity index (χ4v) is 7.67. The Hall–Kier alpha value is -5.91. The van der Waals surface area contributed by atoms with E-state index in [4.69, 9.17) is 15.0 Å². The van der Waals surface area contributed by atoms with Gasteiger partial charge >= 0.3 is 0 Å². The van der Waals surface area contributed by atoms with Gasteiger partial charge in [0.25, 0.3) is 0 Å². The Bertz CT molecular complexity index is 2280. The second-order valence-corrected chi connectivity index (χ2v) is 13.5. The van der Waals surface area contributed by atoms with Gasteiger partial charge in [0.15, 0.2) is 11.6 Å². The van der Waals surface area contributed by atoms with Crippen molar-refractivity contribution in [3.05, 3.63) is 162 Å². The molecule has 0 radical (unpaired) electrons. The van der Waals surface area contributed by atoms with Crippen molar-refractivity contribution in [2.75, 3.05) is 12.1 Å². The number of pyridine rings is 1. The van der Waals surface area contributed by atoms with Crippen molar-refractivity contribution in [2.45, 2.75) is 25.8 Å². The van der Waals surface area contributed by atoms with Crippen LogP contribution in [-0.4, -0.2) is 27.0 Å². The van der Waals surface area contributed by atoms with E-state index in [2.05, 4.69) is 140 Å². The molecule has 0 N–H and O–H groups in total. The molecule has 0 saturated carbocycles. The zero-order valence-electron chi connectivity index (χ0n) is 27.8. The molecule has 2 aliphatic rings. The molecular weight excluding hydrogens is 599 g/mol. The molecular formula is C44H35N5. The van der Waals surface area contributed by atoms with E-state index >= 15 is 0 Å². The van der Waals surface area contributed by atoms with Crippen LogP contribution in [0.15, 0.2) is 146 Å². The molecule has 0 saturated heterocycles. The molecule has 5 nitrogen and oxygen atoms in total. The van der Waals surface area contributed by atoms with E-state index in [-0.39, 0.29) is 5.41 Å². The standard InChI is InChI=1S/C44H35N5/c1-44(2)38-24-23-33(25-35(38)36-27-45-43-37(41(36)44)28-48(3)49(43)34-17-11-6-12-18-34)29-19-21-31(22-20-29)40-26-39(30-13-7-4-8-14-30)46-42(47-40)32-15-9-5-10-16-32/h4-27H,28H2,1-3H3. The van der Waals surface area contributed by atoms with E-state index in [0.29, 0.717) is 0 Å². The van der Waals surface area contributed by atoms with Gasteiger partial charge in [0.05, 0.1) is 17.1 Å². The summed E-state index contributed by atoms with van der Waals surface area (Å²) in [5.74, 6) is 1.75. The molecule has 9 rings (SSSR count). The number of rotatable bonds is 5. The van der Waals surface area contributed by atoms with Gasteiger partial charge in [-0.25, -0.2) is 20.0 Å². The minimum absolute atomic E-state index is 0.131. The van der Waals surface area contributed by atoms with Crippen molar-refractivity contribution in [3.63, 3.8) is 0 Å². The molecule has 7 aromatic rings. The Morgan fingerprint density at radius 2 is 1.14 bits per heavy atom. The molecule has 5 heteroatoms. The van der Waals surface area contributed by atoms with Crippen LogP contribution >= 0.6 is 0 Å². The van der Waals surface area contributed by atoms with E-state index in [0.717, 1.165) is 52.0 Å². The topological polar surface area (TPSA) is 45.2 Å². The van der Waals surface area contributed by atoms with Crippen LogP contribution in [0.1, 0.15) is 30.5 Å². The molecule has 0 atom stereocenters. The zero-order chi connectivity index (χ0) is 33.1. The Labute approximate surface area is 287 Å². The summed E-state index contributed by atoms with van der Waals surface area (Å²) < 4.78 is 0. The Balaban J connectivity index is 1.08. The summed E-state index contributed by atoms with van der Waals surface area (Å²) >= 11 is 0. The summed E-state index contributed by atoms with van der Waals surface area (Å²) in [6.07, 6.45) is 2.09. The van der Waals surface area contributed by atoms with Crippen molar-refractivity contribution in [1.82, 2.24) is 20.0 Å². The van der Waals surface area contributed by atoms with Crippen molar-refractivity contribution in [3.8, 4) is 56.2 Å². The fourth-order valence-electron chi connectivity index (χ4n) is 7.67. The highest BCUT2D eigenvalue weighted by molar-refractivity contribution is 5.87. The second kappa shape index (κ2) is 11.4. The third kappa shape index (κ3) is 4.85. The zero-order valence-corrected chi connectivity index (χ0v) is 27.8. The maximum absolute atomic E-state index is 5.08. The van der Waals surface area contributed by atoms with Crippen LogP contribution in [0, 0.1) is 0 Å². The number of para-hydroxylation sites is 1. The quantitative estimate of drug-likeness (QED) is 0.189. The van der Waals surface area contributed by atoms with E-state index < -0.39 is 0 Å². The summed E-state index contributed by atoms with van der Waals surface area (Å²) in [6.45, 7) is 5.53. The van der Waals surface area contributed by atoms with E-state index in [1.165, 1.54) is 38.9 Å². The normalized spacial score (nSPS) is 14.4. The Morgan fingerprint density at radius 3 is 1.82 bits per heavy atom. The van der Waals surface area contributed by atoms with Crippen LogP contribution in [0.4, 0.5) is 11.5 Å². The lowest BCUT2D eigenvalue weighted by Crippen LogP contribution is -2.29. The number of aromatic nitrogens is 3. The van der Waals surface area contributed by atoms with Crippen LogP contribution < -0.4 is 5.01 Å². The van der Waals surface area contributed by atoms with Crippen LogP contribution in [0.5, 0.6) is 0 Å². The van der Waals surface area contributed by atoms with Gasteiger partial charge in [0.1, 0.15) is 0 Å². The summed E-state index contributed by atoms with van der Waals surface area (Å²) in [5.41, 5.74) is 14.8. The SMILES string of the molecule is CN1Cc2c(ncc3c2C(C)(C)c2ccc(-c4ccc(-c5cc(-c6ccccc6)nc(-c6ccccc6)n5)cc4)cc2-3)N1c1ccccc1. The second-order valence-electron chi connectivity index (χ2n) is 13.5. The minimum atomic E-state index is -0.131. The molecule has 0 spiro atoms. The number of hydrogen-bond acceptors (Lipinski definition) is 5. The lowest BCUT2D eigenvalue weighted by Gasteiger charge is -2.26. The number of fused-ring (bicyclic) bond motifs is 5. The maximum atomic E-state index is 5.08. The van der Waals surface area contributed by atoms with Crippen LogP contribution in [0.25, 0.3) is 56.2 Å². The number of benzene rings is 5. The molecule has 0 amide bonds. The molecule has 236 valence electrons. The molecule has 3 heterocycles. The largest absolute Gasteiger partial charge is 0.257 e. The van der Waals surface area contributed by atoms with Gasteiger partial charge in [0.2, 0.25) is 0 Å². The summed E-state index contributed by atoms with van der Waals surface area (Å²) in [7, 11) is 2.14. The summed E-state index contributed by atoms with van der Waals surface area (Å²) in [4.78, 5) is 15.1. The first kappa shape index (κ1) is 29.2. The minimum Gasteiger partial charge on any atom is -0.257 e. The average molecular weight is 634 g/mol. The van der Waals surface area contributed by atoms with E-state index in [1.807, 2.05) is 36.4 Å². The van der Waals surface area contributed by atoms with Crippen LogP contribution in [-0.2, 0) is 12.0 Å². The number of hydrogen-bond donors (Lipinski definition) is 0. The lowest BCUT2D eigenvalue weighted by atomic mass is 9.80. The predicted molar refractivity (Wildman–Crippen MR) is 199 cm³/mol. The van der Waals surface area contributed by atoms with Gasteiger partial charge in [-0.15, -0.1) is 0 Å². The highest BCUT2D eigenvalue weighted by Gasteiger charge is 2.42. The monoisotopic (exact) mass is 633 g/mol. The van der Waals surface area contributed by atoms with Gasteiger partial charge in [0, 0.05) is 53.0 Å². The third-order valence-corrected chi connectivity index (χ3v) is 10.0. The van der Waals surface area contributed by atoms with E-state index in [9.17, 15) is 0 Å².